The molecule has 0 amide bonds. The highest BCUT2D eigenvalue weighted by atomic mass is 15.1. The van der Waals surface area contributed by atoms with Crippen molar-refractivity contribution in [3.8, 4) is 0 Å². The van der Waals surface area contributed by atoms with Crippen LogP contribution in [0.15, 0.2) is 24.3 Å². The van der Waals surface area contributed by atoms with Gasteiger partial charge in [0.15, 0.2) is 0 Å². The molecule has 15 heavy (non-hydrogen) atoms. The summed E-state index contributed by atoms with van der Waals surface area (Å²) in [5.41, 5.74) is 2.61. The van der Waals surface area contributed by atoms with Crippen molar-refractivity contribution in [1.82, 2.24) is 4.90 Å². The van der Waals surface area contributed by atoms with E-state index in [1.165, 1.54) is 43.7 Å². The molecule has 0 saturated carbocycles. The number of para-hydroxylation sites is 1. The average molecular weight is 204 g/mol. The number of hydrogen-bond acceptors (Lipinski definition) is 2. The molecule has 0 spiro atoms. The number of anilines is 1. The largest absolute Gasteiger partial charge is 0.384 e. The third-order valence-corrected chi connectivity index (χ3v) is 3.09. The number of hydrogen-bond donors (Lipinski definition) is 1. The molecule has 0 aliphatic carbocycles. The van der Waals surface area contributed by atoms with Gasteiger partial charge in [0.1, 0.15) is 0 Å². The van der Waals surface area contributed by atoms with Crippen molar-refractivity contribution in [3.05, 3.63) is 29.8 Å². The third-order valence-electron chi connectivity index (χ3n) is 3.09. The number of benzene rings is 1. The Balaban J connectivity index is 1.75. The molecule has 1 heterocycles. The van der Waals surface area contributed by atoms with E-state index in [0.29, 0.717) is 0 Å². The number of nitrogens with one attached hydrogen (secondary N) is 1. The fourth-order valence-corrected chi connectivity index (χ4v) is 2.13. The molecule has 1 aliphatic heterocycles. The molecule has 1 aromatic carbocycles. The predicted molar refractivity (Wildman–Crippen MR) is 65.3 cm³/mol. The second-order valence-electron chi connectivity index (χ2n) is 4.29. The van der Waals surface area contributed by atoms with Gasteiger partial charge < -0.3 is 10.2 Å². The van der Waals surface area contributed by atoms with E-state index in [-0.39, 0.29) is 0 Å². The highest BCUT2D eigenvalue weighted by Crippen LogP contribution is 2.13. The first-order chi connectivity index (χ1) is 7.36. The van der Waals surface area contributed by atoms with Gasteiger partial charge in [0.25, 0.3) is 0 Å². The molecule has 0 aromatic heterocycles. The molecule has 2 rings (SSSR count). The lowest BCUT2D eigenvalue weighted by atomic mass is 10.2. The van der Waals surface area contributed by atoms with Gasteiger partial charge in [-0.25, -0.2) is 0 Å². The zero-order valence-electron chi connectivity index (χ0n) is 9.50. The van der Waals surface area contributed by atoms with Gasteiger partial charge in [0.2, 0.25) is 0 Å². The highest BCUT2D eigenvalue weighted by molar-refractivity contribution is 5.50. The molecule has 1 saturated heterocycles. The van der Waals surface area contributed by atoms with Crippen molar-refractivity contribution in [2.24, 2.45) is 0 Å². The number of rotatable bonds is 4. The van der Waals surface area contributed by atoms with E-state index in [9.17, 15) is 0 Å². The Hall–Kier alpha value is -1.02. The second-order valence-corrected chi connectivity index (χ2v) is 4.29. The minimum Gasteiger partial charge on any atom is -0.384 e. The van der Waals surface area contributed by atoms with Crippen LogP contribution in [-0.2, 0) is 0 Å². The lowest BCUT2D eigenvalue weighted by Gasteiger charge is -2.16. The molecule has 0 unspecified atom stereocenters. The Bertz CT molecular complexity index is 303. The van der Waals surface area contributed by atoms with E-state index in [4.69, 9.17) is 0 Å². The Kier molecular flexibility index (Phi) is 3.62. The fourth-order valence-electron chi connectivity index (χ4n) is 2.13. The van der Waals surface area contributed by atoms with Crippen LogP contribution < -0.4 is 5.32 Å². The summed E-state index contributed by atoms with van der Waals surface area (Å²) in [4.78, 5) is 2.53. The predicted octanol–water partition coefficient (Wildman–Crippen LogP) is 2.50. The summed E-state index contributed by atoms with van der Waals surface area (Å²) in [6.45, 7) is 6.96. The van der Waals surface area contributed by atoms with E-state index >= 15 is 0 Å². The average Bonchev–Trinajstić information content (AvgIpc) is 2.74. The maximum absolute atomic E-state index is 3.50. The third kappa shape index (κ3) is 2.96. The first kappa shape index (κ1) is 10.5. The van der Waals surface area contributed by atoms with Gasteiger partial charge in [-0.15, -0.1) is 0 Å². The number of nitrogens with zero attached hydrogens (tertiary/aromatic N) is 1. The zero-order chi connectivity index (χ0) is 10.5. The van der Waals surface area contributed by atoms with Crippen molar-refractivity contribution < 1.29 is 0 Å². The molecule has 0 radical (unpaired) electrons. The van der Waals surface area contributed by atoms with Crippen LogP contribution >= 0.6 is 0 Å². The van der Waals surface area contributed by atoms with Gasteiger partial charge in [-0.05, 0) is 44.5 Å². The minimum atomic E-state index is 1.06. The van der Waals surface area contributed by atoms with Gasteiger partial charge >= 0.3 is 0 Å². The lowest BCUT2D eigenvalue weighted by Crippen LogP contribution is -2.26. The summed E-state index contributed by atoms with van der Waals surface area (Å²) in [6, 6.07) is 8.48. The van der Waals surface area contributed by atoms with Crippen LogP contribution in [0.1, 0.15) is 18.4 Å². The van der Waals surface area contributed by atoms with Crippen molar-refractivity contribution in [2.45, 2.75) is 19.8 Å². The maximum Gasteiger partial charge on any atom is 0.0370 e. The molecule has 82 valence electrons. The maximum atomic E-state index is 3.50. The quantitative estimate of drug-likeness (QED) is 0.810. The highest BCUT2D eigenvalue weighted by Gasteiger charge is 2.10. The zero-order valence-corrected chi connectivity index (χ0v) is 9.50. The van der Waals surface area contributed by atoms with E-state index in [0.717, 1.165) is 6.54 Å². The van der Waals surface area contributed by atoms with Crippen molar-refractivity contribution in [2.75, 3.05) is 31.5 Å². The molecular weight excluding hydrogens is 184 g/mol. The monoisotopic (exact) mass is 204 g/mol. The summed E-state index contributed by atoms with van der Waals surface area (Å²) >= 11 is 0. The summed E-state index contributed by atoms with van der Waals surface area (Å²) < 4.78 is 0. The van der Waals surface area contributed by atoms with Crippen LogP contribution in [0.3, 0.4) is 0 Å². The Morgan fingerprint density at radius 3 is 2.67 bits per heavy atom. The minimum absolute atomic E-state index is 1.06. The van der Waals surface area contributed by atoms with Crippen LogP contribution in [-0.4, -0.2) is 31.1 Å². The summed E-state index contributed by atoms with van der Waals surface area (Å²) in [5.74, 6) is 0. The standard InChI is InChI=1S/C13H20N2/c1-12-6-2-3-7-13(12)14-8-11-15-9-4-5-10-15/h2-3,6-7,14H,4-5,8-11H2,1H3. The van der Waals surface area contributed by atoms with Gasteiger partial charge in [0, 0.05) is 18.8 Å². The first-order valence-electron chi connectivity index (χ1n) is 5.88. The smallest absolute Gasteiger partial charge is 0.0370 e. The fraction of sp³-hybridized carbons (Fsp3) is 0.538. The van der Waals surface area contributed by atoms with Gasteiger partial charge in [-0.3, -0.25) is 0 Å². The van der Waals surface area contributed by atoms with Gasteiger partial charge in [-0.2, -0.15) is 0 Å². The van der Waals surface area contributed by atoms with Crippen molar-refractivity contribution in [1.29, 1.82) is 0 Å². The first-order valence-corrected chi connectivity index (χ1v) is 5.88. The second kappa shape index (κ2) is 5.17. The van der Waals surface area contributed by atoms with Crippen LogP contribution in [0.25, 0.3) is 0 Å². The molecule has 1 fully saturated rings. The van der Waals surface area contributed by atoms with Crippen LogP contribution in [0.4, 0.5) is 5.69 Å². The van der Waals surface area contributed by atoms with Crippen LogP contribution in [0.5, 0.6) is 0 Å². The molecule has 1 N–H and O–H groups in total. The van der Waals surface area contributed by atoms with Gasteiger partial charge in [0.05, 0.1) is 0 Å². The van der Waals surface area contributed by atoms with Crippen molar-refractivity contribution >= 4 is 5.69 Å². The Labute approximate surface area is 92.3 Å². The van der Waals surface area contributed by atoms with Crippen LogP contribution in [0.2, 0.25) is 0 Å². The Morgan fingerprint density at radius 1 is 1.20 bits per heavy atom. The van der Waals surface area contributed by atoms with Gasteiger partial charge in [-0.1, -0.05) is 18.2 Å². The van der Waals surface area contributed by atoms with Crippen LogP contribution in [0, 0.1) is 6.92 Å². The van der Waals surface area contributed by atoms with E-state index in [2.05, 4.69) is 41.4 Å². The molecular formula is C13H20N2. The SMILES string of the molecule is Cc1ccccc1NCCN1CCCC1. The molecule has 0 bridgehead atoms. The molecule has 1 aliphatic rings. The van der Waals surface area contributed by atoms with Crippen molar-refractivity contribution in [3.63, 3.8) is 0 Å². The van der Waals surface area contributed by atoms with E-state index in [1.807, 2.05) is 0 Å². The summed E-state index contributed by atoms with van der Waals surface area (Å²) in [5, 5.41) is 3.50. The molecule has 0 atom stereocenters. The van der Waals surface area contributed by atoms with E-state index in [1.54, 1.807) is 0 Å². The number of aryl methyl sites for hydroxylation is 1. The molecule has 1 aromatic rings. The normalized spacial score (nSPS) is 16.9. The molecule has 2 nitrogen and oxygen atoms in total. The summed E-state index contributed by atoms with van der Waals surface area (Å²) in [7, 11) is 0. The Morgan fingerprint density at radius 2 is 1.93 bits per heavy atom. The summed E-state index contributed by atoms with van der Waals surface area (Å²) in [6.07, 6.45) is 2.76. The topological polar surface area (TPSA) is 15.3 Å². The molecule has 2 heteroatoms. The number of likely N-dealkylation sites (tertiary alicyclic amines) is 1. The van der Waals surface area contributed by atoms with E-state index < -0.39 is 0 Å². The lowest BCUT2D eigenvalue weighted by molar-refractivity contribution is 0.352.